The Morgan fingerprint density at radius 2 is 1.72 bits per heavy atom. The van der Waals surface area contributed by atoms with Crippen molar-refractivity contribution < 1.29 is 32.4 Å². The smallest absolute Gasteiger partial charge is 0.355 e. The van der Waals surface area contributed by atoms with Crippen LogP contribution in [0.3, 0.4) is 0 Å². The van der Waals surface area contributed by atoms with Crippen molar-refractivity contribution >= 4 is 59.6 Å². The third-order valence-electron chi connectivity index (χ3n) is 12.9. The first-order chi connectivity index (χ1) is 28.4. The summed E-state index contributed by atoms with van der Waals surface area (Å²) in [6.07, 6.45) is 9.86. The number of para-hydroxylation sites is 1. The summed E-state index contributed by atoms with van der Waals surface area (Å²) >= 11 is 1.39. The molecule has 15 heteroatoms. The SMILES string of the molecule is Cc1c(-c2ccc(-c3ccc4nccc(C(=O)Nc5nc6ccccc6s5)c4c3)nc2C(=O)O)cnn1CC12CC3(C)CC(C)(C1)CC(OCCC(C)CS(=O)(=O)O)(C3)C2. The summed E-state index contributed by atoms with van der Waals surface area (Å²) < 4.78 is 42.0. The van der Waals surface area contributed by atoms with Gasteiger partial charge in [-0.2, -0.15) is 13.5 Å². The molecule has 4 heterocycles. The lowest BCUT2D eigenvalue weighted by atomic mass is 9.39. The average molecular weight is 849 g/mol. The number of nitrogens with zero attached hydrogens (tertiary/aromatic N) is 5. The fourth-order valence-corrected chi connectivity index (χ4v) is 13.6. The van der Waals surface area contributed by atoms with E-state index >= 15 is 0 Å². The molecule has 10 rings (SSSR count). The summed E-state index contributed by atoms with van der Waals surface area (Å²) in [4.78, 5) is 40.2. The molecule has 3 unspecified atom stereocenters. The van der Waals surface area contributed by atoms with Crippen LogP contribution in [-0.2, 0) is 21.4 Å². The molecule has 3 atom stereocenters. The third-order valence-corrected chi connectivity index (χ3v) is 14.9. The Morgan fingerprint density at radius 3 is 2.45 bits per heavy atom. The standard InChI is InChI=1S/C45H48N6O7S2/c1-27(19-60(55,56)57)14-16-58-45-23-42(3)20-43(4,24-45)22-44(21-42,25-45)26-51-28(2)33(18-47-51)30-10-12-34(48-38(30)40(53)54)29-9-11-35-32(17-29)31(13-15-46-35)39(52)50-41-49-36-7-5-6-8-37(36)59-41/h5-13,15,17-18,27H,14,16,19-26H2,1-4H3,(H,53,54)(H,49,50,52)(H,55,56,57). The number of aromatic nitrogens is 5. The van der Waals surface area contributed by atoms with Gasteiger partial charge in [0.05, 0.1) is 44.5 Å². The third kappa shape index (κ3) is 7.72. The molecular formula is C45H48N6O7S2. The Balaban J connectivity index is 0.972. The summed E-state index contributed by atoms with van der Waals surface area (Å²) in [5, 5.41) is 19.4. The highest BCUT2D eigenvalue weighted by Gasteiger charge is 2.66. The first-order valence-corrected chi connectivity index (χ1v) is 22.8. The predicted molar refractivity (Wildman–Crippen MR) is 231 cm³/mol. The van der Waals surface area contributed by atoms with E-state index in [2.05, 4.69) is 34.1 Å². The minimum absolute atomic E-state index is 0.0842. The topological polar surface area (TPSA) is 186 Å². The maximum Gasteiger partial charge on any atom is 0.355 e. The number of carboxylic acid groups (broad SMARTS) is 1. The zero-order valence-corrected chi connectivity index (χ0v) is 35.7. The molecule has 6 aromatic rings. The lowest BCUT2D eigenvalue weighted by Gasteiger charge is -2.69. The van der Waals surface area contributed by atoms with Gasteiger partial charge in [0.15, 0.2) is 10.8 Å². The molecule has 0 aliphatic heterocycles. The number of anilines is 1. The lowest BCUT2D eigenvalue weighted by molar-refractivity contribution is -0.248. The number of aromatic carboxylic acids is 1. The van der Waals surface area contributed by atoms with Gasteiger partial charge in [-0.15, -0.1) is 0 Å². The zero-order chi connectivity index (χ0) is 42.2. The Hall–Kier alpha value is -5.09. The van der Waals surface area contributed by atoms with Crippen LogP contribution in [0.4, 0.5) is 5.13 Å². The van der Waals surface area contributed by atoms with Crippen LogP contribution in [0, 0.1) is 29.1 Å². The minimum atomic E-state index is -4.05. The van der Waals surface area contributed by atoms with Crippen LogP contribution in [0.1, 0.15) is 92.3 Å². The molecule has 4 saturated carbocycles. The Kier molecular flexibility index (Phi) is 9.77. The number of amides is 1. The number of carbonyl (C=O) groups is 2. The molecule has 0 spiro atoms. The normalized spacial score (nSPS) is 25.2. The van der Waals surface area contributed by atoms with Crippen LogP contribution in [0.2, 0.25) is 0 Å². The van der Waals surface area contributed by atoms with Crippen molar-refractivity contribution in [2.24, 2.45) is 22.2 Å². The summed E-state index contributed by atoms with van der Waals surface area (Å²) in [5.74, 6) is -1.99. The maximum absolute atomic E-state index is 13.6. The van der Waals surface area contributed by atoms with Crippen molar-refractivity contribution in [1.29, 1.82) is 0 Å². The number of benzene rings is 2. The zero-order valence-electron chi connectivity index (χ0n) is 34.1. The van der Waals surface area contributed by atoms with Crippen LogP contribution < -0.4 is 5.32 Å². The van der Waals surface area contributed by atoms with Gasteiger partial charge >= 0.3 is 5.97 Å². The Bertz CT molecular complexity index is 2770. The van der Waals surface area contributed by atoms with E-state index in [4.69, 9.17) is 9.84 Å². The number of carboxylic acids is 1. The minimum Gasteiger partial charge on any atom is -0.476 e. The van der Waals surface area contributed by atoms with E-state index in [9.17, 15) is 27.7 Å². The fraction of sp³-hybridized carbons (Fsp3) is 0.422. The largest absolute Gasteiger partial charge is 0.476 e. The van der Waals surface area contributed by atoms with Gasteiger partial charge in [-0.1, -0.05) is 50.3 Å². The highest BCUT2D eigenvalue weighted by molar-refractivity contribution is 7.85. The summed E-state index contributed by atoms with van der Waals surface area (Å²) in [6.45, 7) is 9.64. The van der Waals surface area contributed by atoms with E-state index < -0.39 is 16.1 Å². The van der Waals surface area contributed by atoms with Crippen LogP contribution >= 0.6 is 11.3 Å². The van der Waals surface area contributed by atoms with Crippen LogP contribution in [0.25, 0.3) is 43.5 Å². The highest BCUT2D eigenvalue weighted by atomic mass is 32.2. The number of nitrogens with one attached hydrogen (secondary N) is 1. The molecule has 312 valence electrons. The molecule has 0 radical (unpaired) electrons. The van der Waals surface area contributed by atoms with Gasteiger partial charge in [-0.3, -0.25) is 24.3 Å². The lowest BCUT2D eigenvalue weighted by Crippen LogP contribution is -2.64. The quantitative estimate of drug-likeness (QED) is 0.0942. The molecule has 4 aliphatic carbocycles. The van der Waals surface area contributed by atoms with Crippen molar-refractivity contribution in [2.75, 3.05) is 17.7 Å². The van der Waals surface area contributed by atoms with Gasteiger partial charge < -0.3 is 9.84 Å². The molecule has 3 N–H and O–H groups in total. The number of thiazole rings is 1. The number of carbonyl (C=O) groups excluding carboxylic acids is 1. The van der Waals surface area contributed by atoms with Gasteiger partial charge in [0.25, 0.3) is 16.0 Å². The average Bonchev–Trinajstić information content (AvgIpc) is 3.73. The number of ether oxygens (including phenoxy) is 1. The molecule has 4 bridgehead atoms. The van der Waals surface area contributed by atoms with Gasteiger partial charge in [0.1, 0.15) is 0 Å². The van der Waals surface area contributed by atoms with Crippen molar-refractivity contribution in [2.45, 2.75) is 84.8 Å². The second kappa shape index (κ2) is 14.5. The number of hydrogen-bond acceptors (Lipinski definition) is 10. The van der Waals surface area contributed by atoms with Gasteiger partial charge in [0.2, 0.25) is 0 Å². The summed E-state index contributed by atoms with van der Waals surface area (Å²) in [7, 11) is -4.05. The predicted octanol–water partition coefficient (Wildman–Crippen LogP) is 9.08. The number of pyridine rings is 2. The van der Waals surface area contributed by atoms with E-state index in [1.165, 1.54) is 11.3 Å². The molecule has 60 heavy (non-hydrogen) atoms. The van der Waals surface area contributed by atoms with Crippen molar-refractivity contribution in [3.8, 4) is 22.4 Å². The summed E-state index contributed by atoms with van der Waals surface area (Å²) in [5.41, 5.74) is 4.59. The number of rotatable bonds is 13. The van der Waals surface area contributed by atoms with Crippen molar-refractivity contribution in [3.63, 3.8) is 0 Å². The van der Waals surface area contributed by atoms with Crippen molar-refractivity contribution in [3.05, 3.63) is 90.0 Å². The van der Waals surface area contributed by atoms with E-state index in [0.29, 0.717) is 63.6 Å². The molecule has 2 aromatic carbocycles. The second-order valence-corrected chi connectivity index (χ2v) is 21.1. The van der Waals surface area contributed by atoms with Crippen LogP contribution in [-0.4, -0.2) is 72.6 Å². The second-order valence-electron chi connectivity index (χ2n) is 18.6. The van der Waals surface area contributed by atoms with Crippen LogP contribution in [0.5, 0.6) is 0 Å². The summed E-state index contributed by atoms with van der Waals surface area (Å²) in [6, 6.07) is 18.4. The molecule has 13 nitrogen and oxygen atoms in total. The van der Waals surface area contributed by atoms with Gasteiger partial charge in [0, 0.05) is 47.1 Å². The molecule has 0 saturated heterocycles. The first kappa shape index (κ1) is 40.3. The molecular weight excluding hydrogens is 801 g/mol. The Morgan fingerprint density at radius 1 is 0.950 bits per heavy atom. The number of hydrogen-bond donors (Lipinski definition) is 3. The molecule has 1 amide bonds. The highest BCUT2D eigenvalue weighted by Crippen LogP contribution is 2.72. The van der Waals surface area contributed by atoms with E-state index in [0.717, 1.165) is 54.4 Å². The van der Waals surface area contributed by atoms with Gasteiger partial charge in [-0.25, -0.2) is 14.8 Å². The molecule has 4 aliphatic rings. The Labute approximate surface area is 352 Å². The van der Waals surface area contributed by atoms with Crippen molar-refractivity contribution in [1.82, 2.24) is 24.7 Å². The molecule has 4 aromatic heterocycles. The fourth-order valence-electron chi connectivity index (χ4n) is 11.9. The van der Waals surface area contributed by atoms with E-state index in [1.54, 1.807) is 36.7 Å². The van der Waals surface area contributed by atoms with E-state index in [1.807, 2.05) is 54.9 Å². The monoisotopic (exact) mass is 848 g/mol. The molecule has 4 fully saturated rings. The van der Waals surface area contributed by atoms with Crippen LogP contribution in [0.15, 0.2) is 73.1 Å². The maximum atomic E-state index is 13.6. The first-order valence-electron chi connectivity index (χ1n) is 20.3. The van der Waals surface area contributed by atoms with E-state index in [-0.39, 0.29) is 45.1 Å². The number of fused-ring (bicyclic) bond motifs is 2. The van der Waals surface area contributed by atoms with Gasteiger partial charge in [-0.05, 0) is 116 Å².